The Labute approximate surface area is 104 Å². The molecule has 2 aromatic heterocycles. The van der Waals surface area contributed by atoms with E-state index in [2.05, 4.69) is 20.1 Å². The van der Waals surface area contributed by atoms with Crippen molar-refractivity contribution in [3.8, 4) is 0 Å². The molecule has 2 heterocycles. The van der Waals surface area contributed by atoms with E-state index < -0.39 is 10.0 Å². The van der Waals surface area contributed by atoms with Crippen LogP contribution >= 0.6 is 0 Å². The van der Waals surface area contributed by atoms with Crippen molar-refractivity contribution in [3.05, 3.63) is 42.9 Å². The number of hydrogen-bond donors (Lipinski definition) is 3. The van der Waals surface area contributed by atoms with Crippen molar-refractivity contribution >= 4 is 21.4 Å². The lowest BCUT2D eigenvalue weighted by Gasteiger charge is -2.10. The van der Waals surface area contributed by atoms with Crippen molar-refractivity contribution in [2.75, 3.05) is 10.1 Å². The summed E-state index contributed by atoms with van der Waals surface area (Å²) < 4.78 is 26.5. The molecule has 0 amide bonds. The number of sulfonamides is 1. The van der Waals surface area contributed by atoms with Crippen LogP contribution in [0.4, 0.5) is 11.4 Å². The molecule has 0 saturated carbocycles. The van der Waals surface area contributed by atoms with Gasteiger partial charge in [-0.25, -0.2) is 4.98 Å². The zero-order chi connectivity index (χ0) is 13.0. The van der Waals surface area contributed by atoms with Gasteiger partial charge in [-0.1, -0.05) is 0 Å². The Balaban J connectivity index is 2.37. The highest BCUT2D eigenvalue weighted by Gasteiger charge is 2.19. The molecule has 4 N–H and O–H groups in total. The second-order valence-electron chi connectivity index (χ2n) is 3.35. The van der Waals surface area contributed by atoms with Crippen LogP contribution in [0.15, 0.2) is 47.9 Å². The highest BCUT2D eigenvalue weighted by atomic mass is 32.2. The van der Waals surface area contributed by atoms with Gasteiger partial charge in [-0.3, -0.25) is 15.5 Å². The normalized spacial score (nSPS) is 10.9. The summed E-state index contributed by atoms with van der Waals surface area (Å²) in [6.07, 6.45) is 4.32. The molecule has 2 aromatic rings. The Bertz CT molecular complexity index is 630. The van der Waals surface area contributed by atoms with E-state index in [1.54, 1.807) is 24.4 Å². The van der Waals surface area contributed by atoms with Crippen LogP contribution in [0, 0.1) is 0 Å². The van der Waals surface area contributed by atoms with Gasteiger partial charge in [0.1, 0.15) is 0 Å². The minimum absolute atomic E-state index is 0.170. The minimum atomic E-state index is -3.80. The maximum absolute atomic E-state index is 12.1. The monoisotopic (exact) mass is 265 g/mol. The molecule has 7 nitrogen and oxygen atoms in total. The molecule has 94 valence electrons. The molecule has 8 heteroatoms. The van der Waals surface area contributed by atoms with Crippen molar-refractivity contribution in [3.63, 3.8) is 0 Å². The largest absolute Gasteiger partial charge is 0.321 e. The first-order valence-electron chi connectivity index (χ1n) is 4.98. The third-order valence-electron chi connectivity index (χ3n) is 2.09. The number of nitrogen functional groups attached to an aromatic ring is 1. The van der Waals surface area contributed by atoms with Gasteiger partial charge in [-0.05, 0) is 24.3 Å². The first-order chi connectivity index (χ1) is 8.63. The maximum atomic E-state index is 12.1. The number of anilines is 2. The summed E-state index contributed by atoms with van der Waals surface area (Å²) in [7, 11) is -3.80. The molecule has 18 heavy (non-hydrogen) atoms. The fourth-order valence-corrected chi connectivity index (χ4v) is 2.49. The van der Waals surface area contributed by atoms with Crippen LogP contribution < -0.4 is 16.0 Å². The highest BCUT2D eigenvalue weighted by molar-refractivity contribution is 7.92. The summed E-state index contributed by atoms with van der Waals surface area (Å²) in [5.74, 6) is 5.25. The predicted molar refractivity (Wildman–Crippen MR) is 67.1 cm³/mol. The topological polar surface area (TPSA) is 110 Å². The van der Waals surface area contributed by atoms with Crippen LogP contribution in [0.2, 0.25) is 0 Å². The maximum Gasteiger partial charge on any atom is 0.281 e. The van der Waals surface area contributed by atoms with E-state index in [4.69, 9.17) is 5.84 Å². The third-order valence-corrected chi connectivity index (χ3v) is 3.43. The van der Waals surface area contributed by atoms with Gasteiger partial charge in [0, 0.05) is 12.4 Å². The second kappa shape index (κ2) is 4.98. The van der Waals surface area contributed by atoms with Gasteiger partial charge < -0.3 is 5.43 Å². The Hall–Kier alpha value is -2.19. The lowest BCUT2D eigenvalue weighted by atomic mass is 10.4. The lowest BCUT2D eigenvalue weighted by molar-refractivity contribution is 0.598. The molecule has 0 aromatic carbocycles. The first kappa shape index (κ1) is 12.3. The van der Waals surface area contributed by atoms with E-state index >= 15 is 0 Å². The zero-order valence-corrected chi connectivity index (χ0v) is 10.1. The Morgan fingerprint density at radius 2 is 1.94 bits per heavy atom. The summed E-state index contributed by atoms with van der Waals surface area (Å²) >= 11 is 0. The van der Waals surface area contributed by atoms with Crippen molar-refractivity contribution in [2.45, 2.75) is 5.03 Å². The van der Waals surface area contributed by atoms with Gasteiger partial charge >= 0.3 is 0 Å². The molecule has 0 aliphatic heterocycles. The molecule has 0 fully saturated rings. The van der Waals surface area contributed by atoms with Gasteiger partial charge in [0.05, 0.1) is 17.6 Å². The predicted octanol–water partition coefficient (Wildman–Crippen LogP) is 0.563. The zero-order valence-electron chi connectivity index (χ0n) is 9.24. The van der Waals surface area contributed by atoms with Crippen LogP contribution in [0.25, 0.3) is 0 Å². The van der Waals surface area contributed by atoms with Crippen LogP contribution in [0.3, 0.4) is 0 Å². The quantitative estimate of drug-likeness (QED) is 0.550. The van der Waals surface area contributed by atoms with Crippen LogP contribution in [-0.2, 0) is 10.0 Å². The van der Waals surface area contributed by atoms with E-state index in [1.165, 1.54) is 18.5 Å². The smallest absolute Gasteiger partial charge is 0.281 e. The Kier molecular flexibility index (Phi) is 3.40. The fourth-order valence-electron chi connectivity index (χ4n) is 1.34. The number of hydrogen-bond acceptors (Lipinski definition) is 6. The molecule has 0 atom stereocenters. The van der Waals surface area contributed by atoms with E-state index in [0.29, 0.717) is 5.69 Å². The summed E-state index contributed by atoms with van der Waals surface area (Å²) in [6.45, 7) is 0. The molecule has 0 radical (unpaired) electrons. The van der Waals surface area contributed by atoms with Crippen molar-refractivity contribution in [1.82, 2.24) is 9.97 Å². The van der Waals surface area contributed by atoms with E-state index in [0.717, 1.165) is 0 Å². The van der Waals surface area contributed by atoms with Crippen molar-refractivity contribution < 1.29 is 8.42 Å². The lowest BCUT2D eigenvalue weighted by Crippen LogP contribution is -2.18. The van der Waals surface area contributed by atoms with Gasteiger partial charge in [0.25, 0.3) is 10.0 Å². The standard InChI is InChI=1S/C10H11N5O2S/c11-14-9-4-2-6-13-10(9)18(16,17)15-8-3-1-5-12-7-8/h1-7,14-15H,11H2. The van der Waals surface area contributed by atoms with E-state index in [1.807, 2.05) is 0 Å². The van der Waals surface area contributed by atoms with Crippen molar-refractivity contribution in [1.29, 1.82) is 0 Å². The summed E-state index contributed by atoms with van der Waals surface area (Å²) in [5.41, 5.74) is 2.86. The van der Waals surface area contributed by atoms with Gasteiger partial charge in [0.15, 0.2) is 0 Å². The fraction of sp³-hybridized carbons (Fsp3) is 0. The number of hydrazine groups is 1. The molecular weight excluding hydrogens is 254 g/mol. The molecule has 0 bridgehead atoms. The number of aromatic nitrogens is 2. The van der Waals surface area contributed by atoms with Crippen LogP contribution in [-0.4, -0.2) is 18.4 Å². The van der Waals surface area contributed by atoms with E-state index in [9.17, 15) is 8.42 Å². The van der Waals surface area contributed by atoms with Gasteiger partial charge in [-0.2, -0.15) is 8.42 Å². The number of rotatable bonds is 4. The number of nitrogens with two attached hydrogens (primary N) is 1. The van der Waals surface area contributed by atoms with Crippen molar-refractivity contribution in [2.24, 2.45) is 5.84 Å². The average Bonchev–Trinajstić information content (AvgIpc) is 2.39. The summed E-state index contributed by atoms with van der Waals surface area (Å²) in [6, 6.07) is 6.31. The molecule has 0 spiro atoms. The third kappa shape index (κ3) is 2.55. The van der Waals surface area contributed by atoms with Gasteiger partial charge in [-0.15, -0.1) is 0 Å². The molecule has 0 aliphatic carbocycles. The molecule has 0 saturated heterocycles. The number of nitrogens with zero attached hydrogens (tertiary/aromatic N) is 2. The SMILES string of the molecule is NNc1cccnc1S(=O)(=O)Nc1cccnc1. The Morgan fingerprint density at radius 1 is 1.17 bits per heavy atom. The highest BCUT2D eigenvalue weighted by Crippen LogP contribution is 2.19. The second-order valence-corrected chi connectivity index (χ2v) is 4.95. The van der Waals surface area contributed by atoms with E-state index in [-0.39, 0.29) is 10.7 Å². The average molecular weight is 265 g/mol. The first-order valence-corrected chi connectivity index (χ1v) is 6.46. The minimum Gasteiger partial charge on any atom is -0.321 e. The molecule has 0 unspecified atom stereocenters. The number of pyridine rings is 2. The van der Waals surface area contributed by atoms with Gasteiger partial charge in [0.2, 0.25) is 5.03 Å². The molecule has 2 rings (SSSR count). The van der Waals surface area contributed by atoms with Crippen LogP contribution in [0.5, 0.6) is 0 Å². The summed E-state index contributed by atoms with van der Waals surface area (Å²) in [4.78, 5) is 7.62. The number of nitrogens with one attached hydrogen (secondary N) is 2. The molecule has 0 aliphatic rings. The van der Waals surface area contributed by atoms with Crippen LogP contribution in [0.1, 0.15) is 0 Å². The Morgan fingerprint density at radius 3 is 2.61 bits per heavy atom. The molecular formula is C10H11N5O2S. The summed E-state index contributed by atoms with van der Waals surface area (Å²) in [5, 5.41) is -0.170.